The Morgan fingerprint density at radius 1 is 0.933 bits per heavy atom. The molecular weight excluding hydrogens is 404 g/mol. The van der Waals surface area contributed by atoms with Crippen molar-refractivity contribution < 1.29 is 8.78 Å². The zero-order chi connectivity index (χ0) is 20.4. The fourth-order valence-corrected chi connectivity index (χ4v) is 3.79. The van der Waals surface area contributed by atoms with Crippen molar-refractivity contribution in [3.63, 3.8) is 0 Å². The fourth-order valence-electron chi connectivity index (χ4n) is 3.79. The number of hydrogen-bond acceptors (Lipinski definition) is 2. The molecule has 4 rings (SSSR count). The smallest absolute Gasteiger partial charge is 0.123 e. The van der Waals surface area contributed by atoms with Gasteiger partial charge in [-0.15, -0.1) is 12.4 Å². The van der Waals surface area contributed by atoms with Gasteiger partial charge in [0.1, 0.15) is 11.6 Å². The molecule has 1 N–H and O–H groups in total. The van der Waals surface area contributed by atoms with Crippen molar-refractivity contribution in [3.8, 4) is 0 Å². The maximum Gasteiger partial charge on any atom is 0.123 e. The zero-order valence-electron chi connectivity index (χ0n) is 16.9. The standard InChI is InChI=1S/C24H23F2N3.ClH/c1-16-17(2)29(24-15-27-11-10-23(16)24)28-22(13-18-6-8-20(25)9-7-18)14-19-4-3-5-21(26)12-19;/h3-12,15,22,28H,13-14H2,1-2H3;1H. The van der Waals surface area contributed by atoms with E-state index in [0.29, 0.717) is 12.8 Å². The summed E-state index contributed by atoms with van der Waals surface area (Å²) in [6.45, 7) is 4.16. The van der Waals surface area contributed by atoms with E-state index in [0.717, 1.165) is 27.7 Å². The molecule has 2 heterocycles. The van der Waals surface area contributed by atoms with E-state index in [9.17, 15) is 8.78 Å². The second-order valence-electron chi connectivity index (χ2n) is 7.43. The predicted molar refractivity (Wildman–Crippen MR) is 120 cm³/mol. The van der Waals surface area contributed by atoms with Gasteiger partial charge >= 0.3 is 0 Å². The highest BCUT2D eigenvalue weighted by atomic mass is 35.5. The number of rotatable bonds is 6. The summed E-state index contributed by atoms with van der Waals surface area (Å²) in [5.74, 6) is -0.497. The Morgan fingerprint density at radius 3 is 2.40 bits per heavy atom. The molecule has 4 aromatic rings. The van der Waals surface area contributed by atoms with Crippen molar-refractivity contribution in [3.05, 3.63) is 101 Å². The molecule has 0 amide bonds. The molecule has 0 aliphatic carbocycles. The summed E-state index contributed by atoms with van der Waals surface area (Å²) in [6, 6.07) is 15.2. The van der Waals surface area contributed by atoms with E-state index in [1.54, 1.807) is 30.5 Å². The third kappa shape index (κ3) is 4.62. The second-order valence-corrected chi connectivity index (χ2v) is 7.43. The number of benzene rings is 2. The first kappa shape index (κ1) is 21.8. The van der Waals surface area contributed by atoms with Crippen molar-refractivity contribution in [1.29, 1.82) is 0 Å². The number of nitrogens with one attached hydrogen (secondary N) is 1. The molecule has 0 radical (unpaired) electrons. The van der Waals surface area contributed by atoms with Crippen LogP contribution in [-0.2, 0) is 12.8 Å². The van der Waals surface area contributed by atoms with Gasteiger partial charge in [0.2, 0.25) is 0 Å². The lowest BCUT2D eigenvalue weighted by atomic mass is 9.99. The van der Waals surface area contributed by atoms with Crippen LogP contribution in [0.25, 0.3) is 10.9 Å². The van der Waals surface area contributed by atoms with Crippen LogP contribution in [0.4, 0.5) is 8.78 Å². The van der Waals surface area contributed by atoms with E-state index in [1.807, 2.05) is 18.3 Å². The van der Waals surface area contributed by atoms with Crippen molar-refractivity contribution in [2.75, 3.05) is 5.43 Å². The van der Waals surface area contributed by atoms with Gasteiger partial charge < -0.3 is 5.43 Å². The lowest BCUT2D eigenvalue weighted by Crippen LogP contribution is -2.32. The van der Waals surface area contributed by atoms with Crippen LogP contribution in [0.1, 0.15) is 22.4 Å². The van der Waals surface area contributed by atoms with E-state index in [2.05, 4.69) is 28.9 Å². The largest absolute Gasteiger partial charge is 0.322 e. The normalized spacial score (nSPS) is 11.9. The first-order valence-electron chi connectivity index (χ1n) is 9.68. The number of aromatic nitrogens is 2. The number of halogens is 3. The van der Waals surface area contributed by atoms with E-state index in [-0.39, 0.29) is 30.1 Å². The highest BCUT2D eigenvalue weighted by molar-refractivity contribution is 5.85. The molecule has 2 aromatic heterocycles. The van der Waals surface area contributed by atoms with Gasteiger partial charge in [0, 0.05) is 17.3 Å². The minimum Gasteiger partial charge on any atom is -0.322 e. The zero-order valence-corrected chi connectivity index (χ0v) is 17.7. The third-order valence-electron chi connectivity index (χ3n) is 5.40. The highest BCUT2D eigenvalue weighted by Gasteiger charge is 2.16. The number of pyridine rings is 1. The summed E-state index contributed by atoms with van der Waals surface area (Å²) in [6.07, 6.45) is 4.95. The minimum absolute atomic E-state index is 0. The monoisotopic (exact) mass is 427 g/mol. The molecule has 30 heavy (non-hydrogen) atoms. The van der Waals surface area contributed by atoms with Crippen LogP contribution < -0.4 is 5.43 Å². The molecule has 0 aliphatic rings. The van der Waals surface area contributed by atoms with Crippen molar-refractivity contribution in [2.24, 2.45) is 0 Å². The fraction of sp³-hybridized carbons (Fsp3) is 0.208. The Bertz CT molecular complexity index is 1140. The molecule has 3 nitrogen and oxygen atoms in total. The second kappa shape index (κ2) is 9.26. The topological polar surface area (TPSA) is 29.9 Å². The predicted octanol–water partition coefficient (Wildman–Crippen LogP) is 5.75. The van der Waals surface area contributed by atoms with Crippen LogP contribution >= 0.6 is 12.4 Å². The average molecular weight is 428 g/mol. The first-order valence-corrected chi connectivity index (χ1v) is 9.68. The molecule has 1 atom stereocenters. The first-order chi connectivity index (χ1) is 14.0. The van der Waals surface area contributed by atoms with Crippen LogP contribution in [0.3, 0.4) is 0 Å². The van der Waals surface area contributed by atoms with Crippen molar-refractivity contribution >= 4 is 23.3 Å². The molecule has 156 valence electrons. The number of fused-ring (bicyclic) bond motifs is 1. The summed E-state index contributed by atoms with van der Waals surface area (Å²) in [7, 11) is 0. The van der Waals surface area contributed by atoms with Gasteiger partial charge in [0.05, 0.1) is 17.8 Å². The number of nitrogens with zero attached hydrogens (tertiary/aromatic N) is 2. The summed E-state index contributed by atoms with van der Waals surface area (Å²) >= 11 is 0. The number of hydrogen-bond donors (Lipinski definition) is 1. The molecule has 0 bridgehead atoms. The van der Waals surface area contributed by atoms with Crippen molar-refractivity contribution in [1.82, 2.24) is 9.66 Å². The summed E-state index contributed by atoms with van der Waals surface area (Å²) < 4.78 is 29.1. The Labute approximate surface area is 181 Å². The van der Waals surface area contributed by atoms with Crippen LogP contribution in [0.5, 0.6) is 0 Å². The van der Waals surface area contributed by atoms with Crippen LogP contribution in [0.15, 0.2) is 67.0 Å². The van der Waals surface area contributed by atoms with E-state index >= 15 is 0 Å². The van der Waals surface area contributed by atoms with Gasteiger partial charge in [0.25, 0.3) is 0 Å². The Morgan fingerprint density at radius 2 is 1.67 bits per heavy atom. The van der Waals surface area contributed by atoms with Crippen LogP contribution in [0, 0.1) is 25.5 Å². The third-order valence-corrected chi connectivity index (χ3v) is 5.40. The molecular formula is C24H24ClF2N3. The van der Waals surface area contributed by atoms with Gasteiger partial charge in [-0.2, -0.15) is 0 Å². The quantitative estimate of drug-likeness (QED) is 0.424. The van der Waals surface area contributed by atoms with E-state index in [4.69, 9.17) is 0 Å². The molecule has 0 saturated carbocycles. The van der Waals surface area contributed by atoms with E-state index < -0.39 is 0 Å². The van der Waals surface area contributed by atoms with Crippen LogP contribution in [-0.4, -0.2) is 15.7 Å². The molecule has 1 unspecified atom stereocenters. The van der Waals surface area contributed by atoms with Crippen molar-refractivity contribution in [2.45, 2.75) is 32.7 Å². The Balaban J connectivity index is 0.00000256. The molecule has 0 fully saturated rings. The Kier molecular flexibility index (Phi) is 6.73. The van der Waals surface area contributed by atoms with E-state index in [1.165, 1.54) is 23.8 Å². The van der Waals surface area contributed by atoms with Gasteiger partial charge in [-0.1, -0.05) is 24.3 Å². The SMILES string of the molecule is Cc1c(C)n(NC(Cc2ccc(F)cc2)Cc2cccc(F)c2)c2cnccc12.Cl. The van der Waals surface area contributed by atoms with Gasteiger partial charge in [0.15, 0.2) is 0 Å². The lowest BCUT2D eigenvalue weighted by molar-refractivity contribution is 0.607. The maximum atomic E-state index is 13.7. The molecule has 0 saturated heterocycles. The molecule has 2 aromatic carbocycles. The molecule has 0 aliphatic heterocycles. The minimum atomic E-state index is -0.252. The number of aryl methyl sites for hydroxylation is 1. The summed E-state index contributed by atoms with van der Waals surface area (Å²) in [5.41, 5.74) is 8.84. The van der Waals surface area contributed by atoms with Crippen LogP contribution in [0.2, 0.25) is 0 Å². The molecule has 0 spiro atoms. The van der Waals surface area contributed by atoms with Gasteiger partial charge in [-0.05, 0) is 73.7 Å². The lowest BCUT2D eigenvalue weighted by Gasteiger charge is -2.23. The molecule has 6 heteroatoms. The average Bonchev–Trinajstić information content (AvgIpc) is 2.95. The van der Waals surface area contributed by atoms with Gasteiger partial charge in [-0.3, -0.25) is 9.66 Å². The van der Waals surface area contributed by atoms with Gasteiger partial charge in [-0.25, -0.2) is 8.78 Å². The summed E-state index contributed by atoms with van der Waals surface area (Å²) in [5, 5.41) is 1.15. The highest BCUT2D eigenvalue weighted by Crippen LogP contribution is 2.24. The summed E-state index contributed by atoms with van der Waals surface area (Å²) in [4.78, 5) is 4.27. The Hall–Kier alpha value is -2.92. The maximum absolute atomic E-state index is 13.7.